The van der Waals surface area contributed by atoms with Crippen LogP contribution < -0.4 is 11.3 Å². The lowest BCUT2D eigenvalue weighted by Gasteiger charge is -2.05. The van der Waals surface area contributed by atoms with Crippen LogP contribution in [0.5, 0.6) is 0 Å². The lowest BCUT2D eigenvalue weighted by molar-refractivity contribution is 0.0953. The summed E-state index contributed by atoms with van der Waals surface area (Å²) in [6, 6.07) is 9.08. The molecule has 0 fully saturated rings. The van der Waals surface area contributed by atoms with Gasteiger partial charge in [0.2, 0.25) is 0 Å². The van der Waals surface area contributed by atoms with Crippen molar-refractivity contribution in [3.05, 3.63) is 47.3 Å². The van der Waals surface area contributed by atoms with Crippen molar-refractivity contribution in [1.29, 1.82) is 0 Å². The van der Waals surface area contributed by atoms with E-state index in [2.05, 4.69) is 15.4 Å². The summed E-state index contributed by atoms with van der Waals surface area (Å²) < 4.78 is 0. The minimum Gasteiger partial charge on any atom is -0.290 e. The SMILES string of the molecule is Cc1cc(C)nc(Sc2cccc(C(=O)NN)c2)n1. The lowest BCUT2D eigenvalue weighted by Crippen LogP contribution is -2.29. The van der Waals surface area contributed by atoms with Gasteiger partial charge in [0.25, 0.3) is 5.91 Å². The van der Waals surface area contributed by atoms with E-state index in [9.17, 15) is 4.79 Å². The molecule has 0 aliphatic rings. The molecule has 0 bridgehead atoms. The first-order valence-electron chi connectivity index (χ1n) is 5.69. The Hall–Kier alpha value is -1.92. The number of nitrogens with two attached hydrogens (primary N) is 1. The standard InChI is InChI=1S/C13H14N4OS/c1-8-6-9(2)16-13(15-8)19-11-5-3-4-10(7-11)12(18)17-14/h3-7H,14H2,1-2H3,(H,17,18). The predicted molar refractivity (Wildman–Crippen MR) is 73.7 cm³/mol. The summed E-state index contributed by atoms with van der Waals surface area (Å²) in [6.45, 7) is 3.86. The lowest BCUT2D eigenvalue weighted by atomic mass is 10.2. The van der Waals surface area contributed by atoms with Crippen LogP contribution in [-0.4, -0.2) is 15.9 Å². The molecule has 0 unspecified atom stereocenters. The van der Waals surface area contributed by atoms with E-state index < -0.39 is 0 Å². The minimum absolute atomic E-state index is 0.316. The molecule has 1 heterocycles. The molecule has 19 heavy (non-hydrogen) atoms. The number of hydrogen-bond donors (Lipinski definition) is 2. The van der Waals surface area contributed by atoms with Crippen molar-refractivity contribution in [2.24, 2.45) is 5.84 Å². The third-order valence-electron chi connectivity index (χ3n) is 2.40. The Labute approximate surface area is 115 Å². The second kappa shape index (κ2) is 5.81. The molecule has 2 aromatic rings. The smallest absolute Gasteiger partial charge is 0.265 e. The van der Waals surface area contributed by atoms with Crippen molar-refractivity contribution in [2.75, 3.05) is 0 Å². The molecular weight excluding hydrogens is 260 g/mol. The zero-order valence-electron chi connectivity index (χ0n) is 10.7. The van der Waals surface area contributed by atoms with E-state index in [4.69, 9.17) is 5.84 Å². The maximum absolute atomic E-state index is 11.4. The Bertz CT molecular complexity index is 595. The van der Waals surface area contributed by atoms with Crippen LogP contribution in [0.15, 0.2) is 40.4 Å². The summed E-state index contributed by atoms with van der Waals surface area (Å²) in [5, 5.41) is 0.669. The molecule has 0 atom stereocenters. The van der Waals surface area contributed by atoms with Gasteiger partial charge in [0.1, 0.15) is 0 Å². The van der Waals surface area contributed by atoms with Gasteiger partial charge in [-0.2, -0.15) is 0 Å². The molecule has 0 radical (unpaired) electrons. The molecule has 0 aliphatic heterocycles. The summed E-state index contributed by atoms with van der Waals surface area (Å²) >= 11 is 1.41. The van der Waals surface area contributed by atoms with Crippen molar-refractivity contribution >= 4 is 17.7 Å². The second-order valence-corrected chi connectivity index (χ2v) is 5.08. The third kappa shape index (κ3) is 3.52. The Morgan fingerprint density at radius 3 is 2.53 bits per heavy atom. The number of nitrogen functional groups attached to an aromatic ring is 1. The van der Waals surface area contributed by atoms with Crippen molar-refractivity contribution in [1.82, 2.24) is 15.4 Å². The number of amides is 1. The topological polar surface area (TPSA) is 80.9 Å². The fourth-order valence-electron chi connectivity index (χ4n) is 1.63. The van der Waals surface area contributed by atoms with Crippen LogP contribution in [-0.2, 0) is 0 Å². The molecular formula is C13H14N4OS. The predicted octanol–water partition coefficient (Wildman–Crippen LogP) is 1.85. The monoisotopic (exact) mass is 274 g/mol. The first-order valence-corrected chi connectivity index (χ1v) is 6.51. The highest BCUT2D eigenvalue weighted by Gasteiger charge is 2.07. The van der Waals surface area contributed by atoms with E-state index in [1.807, 2.05) is 26.0 Å². The molecule has 1 aromatic carbocycles. The maximum atomic E-state index is 11.4. The van der Waals surface area contributed by atoms with Crippen LogP contribution in [0.4, 0.5) is 0 Å². The summed E-state index contributed by atoms with van der Waals surface area (Å²) in [4.78, 5) is 21.0. The van der Waals surface area contributed by atoms with Crippen LogP contribution in [0.2, 0.25) is 0 Å². The minimum atomic E-state index is -0.316. The van der Waals surface area contributed by atoms with Gasteiger partial charge in [-0.15, -0.1) is 0 Å². The summed E-state index contributed by atoms with van der Waals surface area (Å²) in [7, 11) is 0. The number of hydrogen-bond acceptors (Lipinski definition) is 5. The van der Waals surface area contributed by atoms with Gasteiger partial charge in [0.05, 0.1) is 0 Å². The second-order valence-electron chi connectivity index (χ2n) is 4.04. The highest BCUT2D eigenvalue weighted by Crippen LogP contribution is 2.25. The first kappa shape index (κ1) is 13.5. The zero-order chi connectivity index (χ0) is 13.8. The van der Waals surface area contributed by atoms with Crippen molar-refractivity contribution < 1.29 is 4.79 Å². The van der Waals surface area contributed by atoms with E-state index in [-0.39, 0.29) is 5.91 Å². The van der Waals surface area contributed by atoms with Gasteiger partial charge >= 0.3 is 0 Å². The fourth-order valence-corrected chi connectivity index (χ4v) is 2.55. The molecule has 3 N–H and O–H groups in total. The Kier molecular flexibility index (Phi) is 4.13. The van der Waals surface area contributed by atoms with E-state index in [0.717, 1.165) is 16.3 Å². The Morgan fingerprint density at radius 2 is 1.89 bits per heavy atom. The van der Waals surface area contributed by atoms with Gasteiger partial charge in [-0.3, -0.25) is 10.2 Å². The van der Waals surface area contributed by atoms with Gasteiger partial charge in [0, 0.05) is 21.8 Å². The van der Waals surface area contributed by atoms with Crippen LogP contribution in [0, 0.1) is 13.8 Å². The van der Waals surface area contributed by atoms with Gasteiger partial charge in [0.15, 0.2) is 5.16 Å². The Morgan fingerprint density at radius 1 is 1.21 bits per heavy atom. The van der Waals surface area contributed by atoms with Crippen LogP contribution in [0.1, 0.15) is 21.7 Å². The summed E-state index contributed by atoms with van der Waals surface area (Å²) in [5.74, 6) is 4.80. The Balaban J connectivity index is 2.25. The molecule has 0 saturated heterocycles. The molecule has 98 valence electrons. The number of aromatic nitrogens is 2. The zero-order valence-corrected chi connectivity index (χ0v) is 11.5. The molecule has 1 aromatic heterocycles. The number of nitrogens with one attached hydrogen (secondary N) is 1. The number of hydrazine groups is 1. The average molecular weight is 274 g/mol. The summed E-state index contributed by atoms with van der Waals surface area (Å²) in [6.07, 6.45) is 0. The quantitative estimate of drug-likeness (QED) is 0.386. The molecule has 2 rings (SSSR count). The third-order valence-corrected chi connectivity index (χ3v) is 3.25. The molecule has 5 nitrogen and oxygen atoms in total. The molecule has 6 heteroatoms. The number of rotatable bonds is 3. The highest BCUT2D eigenvalue weighted by molar-refractivity contribution is 7.99. The van der Waals surface area contributed by atoms with Crippen molar-refractivity contribution in [3.8, 4) is 0 Å². The van der Waals surface area contributed by atoms with Gasteiger partial charge in [-0.25, -0.2) is 15.8 Å². The largest absolute Gasteiger partial charge is 0.290 e. The molecule has 0 saturated carbocycles. The number of nitrogens with zero attached hydrogens (tertiary/aromatic N) is 2. The van der Waals surface area contributed by atoms with Crippen molar-refractivity contribution in [2.45, 2.75) is 23.9 Å². The van der Waals surface area contributed by atoms with Crippen LogP contribution in [0.3, 0.4) is 0 Å². The number of aryl methyl sites for hydroxylation is 2. The van der Waals surface area contributed by atoms with Crippen LogP contribution >= 0.6 is 11.8 Å². The normalized spacial score (nSPS) is 10.3. The van der Waals surface area contributed by atoms with E-state index in [0.29, 0.717) is 10.7 Å². The van der Waals surface area contributed by atoms with Crippen molar-refractivity contribution in [3.63, 3.8) is 0 Å². The molecule has 0 aliphatic carbocycles. The number of carbonyl (C=O) groups excluding carboxylic acids is 1. The van der Waals surface area contributed by atoms with E-state index in [1.54, 1.807) is 18.2 Å². The van der Waals surface area contributed by atoms with Crippen LogP contribution in [0.25, 0.3) is 0 Å². The van der Waals surface area contributed by atoms with Gasteiger partial charge in [-0.1, -0.05) is 6.07 Å². The number of benzene rings is 1. The van der Waals surface area contributed by atoms with Gasteiger partial charge in [-0.05, 0) is 49.9 Å². The molecule has 0 spiro atoms. The number of carbonyl (C=O) groups is 1. The highest BCUT2D eigenvalue weighted by atomic mass is 32.2. The maximum Gasteiger partial charge on any atom is 0.265 e. The van der Waals surface area contributed by atoms with E-state index >= 15 is 0 Å². The summed E-state index contributed by atoms with van der Waals surface area (Å²) in [5.41, 5.74) is 4.47. The molecule has 1 amide bonds. The van der Waals surface area contributed by atoms with Gasteiger partial charge < -0.3 is 0 Å². The van der Waals surface area contributed by atoms with E-state index in [1.165, 1.54) is 11.8 Å². The average Bonchev–Trinajstić information content (AvgIpc) is 2.37. The fraction of sp³-hybridized carbons (Fsp3) is 0.154. The first-order chi connectivity index (χ1) is 9.08.